The highest BCUT2D eigenvalue weighted by Gasteiger charge is 2.10. The van der Waals surface area contributed by atoms with Gasteiger partial charge in [0.25, 0.3) is 0 Å². The Hall–Kier alpha value is -1.91. The largest absolute Gasteiger partial charge is 0.389 e. The van der Waals surface area contributed by atoms with Crippen LogP contribution >= 0.6 is 11.6 Å². The number of fused-ring (bicyclic) bond motifs is 1. The maximum atomic E-state index is 10.1. The molecule has 136 valence electrons. The second-order valence-electron chi connectivity index (χ2n) is 6.50. The van der Waals surface area contributed by atoms with Gasteiger partial charge in [-0.3, -0.25) is 0 Å². The van der Waals surface area contributed by atoms with Crippen LogP contribution in [0.5, 0.6) is 0 Å². The van der Waals surface area contributed by atoms with Gasteiger partial charge in [-0.15, -0.1) is 0 Å². The van der Waals surface area contributed by atoms with Crippen LogP contribution in [-0.2, 0) is 11.3 Å². The summed E-state index contributed by atoms with van der Waals surface area (Å²) in [5.74, 6) is 0. The van der Waals surface area contributed by atoms with E-state index in [4.69, 9.17) is 16.3 Å². The fourth-order valence-corrected chi connectivity index (χ4v) is 3.08. The Bertz CT molecular complexity index is 852. The summed E-state index contributed by atoms with van der Waals surface area (Å²) in [6, 6.07) is 22.5. The third-order valence-corrected chi connectivity index (χ3v) is 4.83. The molecule has 3 aromatic rings. The lowest BCUT2D eigenvalue weighted by atomic mass is 10.0. The van der Waals surface area contributed by atoms with Crippen molar-refractivity contribution in [1.29, 1.82) is 0 Å². The van der Waals surface area contributed by atoms with Crippen molar-refractivity contribution in [2.75, 3.05) is 13.2 Å². The van der Waals surface area contributed by atoms with E-state index in [0.717, 1.165) is 5.56 Å². The van der Waals surface area contributed by atoms with Gasteiger partial charge in [-0.25, -0.2) is 0 Å². The number of nitrogens with one attached hydrogen (secondary N) is 1. The van der Waals surface area contributed by atoms with Crippen molar-refractivity contribution in [2.24, 2.45) is 0 Å². The molecule has 0 radical (unpaired) electrons. The highest BCUT2D eigenvalue weighted by atomic mass is 35.5. The molecular formula is C22H24ClNO2. The SMILES string of the molecule is C[C@H](NC[C@@H](O)COCc1ccccc1Cl)c1ccc2ccccc2c1. The molecule has 4 heteroatoms. The van der Waals surface area contributed by atoms with Crippen molar-refractivity contribution < 1.29 is 9.84 Å². The summed E-state index contributed by atoms with van der Waals surface area (Å²) in [5.41, 5.74) is 2.13. The summed E-state index contributed by atoms with van der Waals surface area (Å²) in [4.78, 5) is 0. The predicted octanol–water partition coefficient (Wildman–Crippen LogP) is 4.72. The number of aliphatic hydroxyl groups excluding tert-OH is 1. The van der Waals surface area contributed by atoms with Crippen molar-refractivity contribution in [2.45, 2.75) is 25.7 Å². The zero-order chi connectivity index (χ0) is 18.4. The topological polar surface area (TPSA) is 41.5 Å². The lowest BCUT2D eigenvalue weighted by Gasteiger charge is -2.18. The summed E-state index contributed by atoms with van der Waals surface area (Å²) in [7, 11) is 0. The Balaban J connectivity index is 1.45. The van der Waals surface area contributed by atoms with Crippen LogP contribution < -0.4 is 5.32 Å². The first kappa shape index (κ1) is 18.9. The molecule has 0 unspecified atom stereocenters. The Morgan fingerprint density at radius 3 is 2.54 bits per heavy atom. The molecule has 0 amide bonds. The van der Waals surface area contributed by atoms with Gasteiger partial charge in [0, 0.05) is 17.6 Å². The van der Waals surface area contributed by atoms with E-state index in [1.165, 1.54) is 16.3 Å². The Kier molecular flexibility index (Phi) is 6.64. The molecule has 2 atom stereocenters. The monoisotopic (exact) mass is 369 g/mol. The van der Waals surface area contributed by atoms with Crippen molar-refractivity contribution in [1.82, 2.24) is 5.32 Å². The summed E-state index contributed by atoms with van der Waals surface area (Å²) in [5, 5.41) is 16.7. The molecule has 0 saturated heterocycles. The lowest BCUT2D eigenvalue weighted by molar-refractivity contribution is 0.0278. The Morgan fingerprint density at radius 2 is 1.73 bits per heavy atom. The highest BCUT2D eigenvalue weighted by Crippen LogP contribution is 2.20. The van der Waals surface area contributed by atoms with Crippen molar-refractivity contribution in [3.63, 3.8) is 0 Å². The summed E-state index contributed by atoms with van der Waals surface area (Å²) >= 11 is 6.10. The maximum Gasteiger partial charge on any atom is 0.0898 e. The molecule has 0 aliphatic heterocycles. The van der Waals surface area contributed by atoms with Crippen LogP contribution in [0.1, 0.15) is 24.1 Å². The third kappa shape index (κ3) is 5.05. The fraction of sp³-hybridized carbons (Fsp3) is 0.273. The van der Waals surface area contributed by atoms with Gasteiger partial charge >= 0.3 is 0 Å². The molecule has 26 heavy (non-hydrogen) atoms. The molecule has 2 N–H and O–H groups in total. The fourth-order valence-electron chi connectivity index (χ4n) is 2.89. The molecule has 3 rings (SSSR count). The van der Waals surface area contributed by atoms with E-state index in [0.29, 0.717) is 18.2 Å². The van der Waals surface area contributed by atoms with Gasteiger partial charge in [0.15, 0.2) is 0 Å². The van der Waals surface area contributed by atoms with E-state index >= 15 is 0 Å². The second-order valence-corrected chi connectivity index (χ2v) is 6.90. The van der Waals surface area contributed by atoms with Crippen LogP contribution in [0.2, 0.25) is 5.02 Å². The van der Waals surface area contributed by atoms with Gasteiger partial charge in [0.05, 0.1) is 19.3 Å². The number of benzene rings is 3. The van der Waals surface area contributed by atoms with Gasteiger partial charge in [-0.1, -0.05) is 66.2 Å². The highest BCUT2D eigenvalue weighted by molar-refractivity contribution is 6.31. The first-order valence-corrected chi connectivity index (χ1v) is 9.22. The van der Waals surface area contributed by atoms with Gasteiger partial charge in [-0.2, -0.15) is 0 Å². The molecule has 0 aliphatic carbocycles. The first-order chi connectivity index (χ1) is 12.6. The Morgan fingerprint density at radius 1 is 1.00 bits per heavy atom. The number of rotatable bonds is 8. The minimum Gasteiger partial charge on any atom is -0.389 e. The van der Waals surface area contributed by atoms with E-state index in [2.05, 4.69) is 42.6 Å². The van der Waals surface area contributed by atoms with Crippen LogP contribution in [0.3, 0.4) is 0 Å². The van der Waals surface area contributed by atoms with Crippen molar-refractivity contribution in [3.8, 4) is 0 Å². The van der Waals surface area contributed by atoms with Crippen LogP contribution in [0.15, 0.2) is 66.7 Å². The molecule has 0 heterocycles. The molecule has 0 fully saturated rings. The molecule has 0 aliphatic rings. The summed E-state index contributed by atoms with van der Waals surface area (Å²) in [6.45, 7) is 3.23. The predicted molar refractivity (Wildman–Crippen MR) is 107 cm³/mol. The summed E-state index contributed by atoms with van der Waals surface area (Å²) < 4.78 is 5.58. The number of hydrogen-bond acceptors (Lipinski definition) is 3. The third-order valence-electron chi connectivity index (χ3n) is 4.46. The quantitative estimate of drug-likeness (QED) is 0.603. The van der Waals surface area contributed by atoms with Crippen LogP contribution in [0, 0.1) is 0 Å². The van der Waals surface area contributed by atoms with Crippen LogP contribution in [0.4, 0.5) is 0 Å². The molecule has 3 aromatic carbocycles. The smallest absolute Gasteiger partial charge is 0.0898 e. The van der Waals surface area contributed by atoms with E-state index in [-0.39, 0.29) is 12.6 Å². The summed E-state index contributed by atoms with van der Waals surface area (Å²) in [6.07, 6.45) is -0.569. The molecule has 0 bridgehead atoms. The number of hydrogen-bond donors (Lipinski definition) is 2. The van der Waals surface area contributed by atoms with Crippen molar-refractivity contribution >= 4 is 22.4 Å². The number of ether oxygens (including phenoxy) is 1. The zero-order valence-corrected chi connectivity index (χ0v) is 15.6. The minimum absolute atomic E-state index is 0.151. The Labute approximate surface area is 159 Å². The van der Waals surface area contributed by atoms with Crippen LogP contribution in [-0.4, -0.2) is 24.4 Å². The average Bonchev–Trinajstić information content (AvgIpc) is 2.67. The standard InChI is InChI=1S/C22H24ClNO2/c1-16(18-11-10-17-6-2-3-7-19(17)12-18)24-13-21(25)15-26-14-20-8-4-5-9-22(20)23/h2-12,16,21,24-25H,13-15H2,1H3/t16-,21+/m0/s1. The molecule has 0 saturated carbocycles. The van der Waals surface area contributed by atoms with E-state index in [1.54, 1.807) is 0 Å². The van der Waals surface area contributed by atoms with Gasteiger partial charge in [0.1, 0.15) is 0 Å². The molecule has 0 aromatic heterocycles. The average molecular weight is 370 g/mol. The van der Waals surface area contributed by atoms with Gasteiger partial charge in [-0.05, 0) is 41.0 Å². The maximum absolute atomic E-state index is 10.1. The second kappa shape index (κ2) is 9.15. The molecular weight excluding hydrogens is 346 g/mol. The van der Waals surface area contributed by atoms with E-state index in [9.17, 15) is 5.11 Å². The molecule has 0 spiro atoms. The lowest BCUT2D eigenvalue weighted by Crippen LogP contribution is -2.32. The minimum atomic E-state index is -0.569. The van der Waals surface area contributed by atoms with Gasteiger partial charge < -0.3 is 15.2 Å². The molecule has 3 nitrogen and oxygen atoms in total. The first-order valence-electron chi connectivity index (χ1n) is 8.85. The van der Waals surface area contributed by atoms with Gasteiger partial charge in [0.2, 0.25) is 0 Å². The van der Waals surface area contributed by atoms with E-state index in [1.807, 2.05) is 36.4 Å². The van der Waals surface area contributed by atoms with Crippen molar-refractivity contribution in [3.05, 3.63) is 82.9 Å². The normalized spacial score (nSPS) is 13.7. The van der Waals surface area contributed by atoms with E-state index < -0.39 is 6.10 Å². The zero-order valence-electron chi connectivity index (χ0n) is 14.9. The van der Waals surface area contributed by atoms with Crippen LogP contribution in [0.25, 0.3) is 10.8 Å². The number of aliphatic hydroxyl groups is 1. The number of halogens is 1.